The molecule has 0 aliphatic heterocycles. The second kappa shape index (κ2) is 5.50. The molecule has 17 heavy (non-hydrogen) atoms. The highest BCUT2D eigenvalue weighted by molar-refractivity contribution is 14.1. The van der Waals surface area contributed by atoms with E-state index in [1.165, 1.54) is 6.07 Å². The predicted octanol–water partition coefficient (Wildman–Crippen LogP) is 2.11. The topological polar surface area (TPSA) is 71.9 Å². The van der Waals surface area contributed by atoms with E-state index in [-0.39, 0.29) is 18.5 Å². The summed E-state index contributed by atoms with van der Waals surface area (Å²) in [5, 5.41) is 8.54. The molecule has 1 aromatic heterocycles. The van der Waals surface area contributed by atoms with Gasteiger partial charge >= 0.3 is 6.36 Å². The first kappa shape index (κ1) is 14.0. The number of hydrogen-bond acceptors (Lipinski definition) is 4. The summed E-state index contributed by atoms with van der Waals surface area (Å²) in [6.07, 6.45) is -4.75. The number of hydrogen-bond donors (Lipinski definition) is 1. The second-order valence-corrected chi connectivity index (χ2v) is 4.01. The summed E-state index contributed by atoms with van der Waals surface area (Å²) in [4.78, 5) is 3.66. The Hall–Kier alpha value is -1.08. The third kappa shape index (κ3) is 4.01. The molecular formula is C9H7F3IN3O. The average Bonchev–Trinajstić information content (AvgIpc) is 2.20. The van der Waals surface area contributed by atoms with Gasteiger partial charge in [-0.15, -0.1) is 13.2 Å². The Balaban J connectivity index is 3.15. The van der Waals surface area contributed by atoms with E-state index >= 15 is 0 Å². The molecule has 0 aliphatic rings. The zero-order chi connectivity index (χ0) is 13.1. The van der Waals surface area contributed by atoms with Gasteiger partial charge in [-0.3, -0.25) is 0 Å². The van der Waals surface area contributed by atoms with Crippen molar-refractivity contribution < 1.29 is 17.9 Å². The monoisotopic (exact) mass is 357 g/mol. The van der Waals surface area contributed by atoms with Crippen LogP contribution in [0.4, 0.5) is 13.2 Å². The van der Waals surface area contributed by atoms with E-state index in [1.54, 1.807) is 22.6 Å². The summed E-state index contributed by atoms with van der Waals surface area (Å²) in [7, 11) is 0. The van der Waals surface area contributed by atoms with Gasteiger partial charge in [-0.25, -0.2) is 4.98 Å². The molecule has 8 heteroatoms. The third-order valence-corrected chi connectivity index (χ3v) is 2.72. The van der Waals surface area contributed by atoms with E-state index in [9.17, 15) is 13.2 Å². The first-order valence-corrected chi connectivity index (χ1v) is 5.46. The molecule has 2 N–H and O–H groups in total. The van der Waals surface area contributed by atoms with Gasteiger partial charge in [-0.1, -0.05) is 0 Å². The van der Waals surface area contributed by atoms with Gasteiger partial charge in [0, 0.05) is 12.1 Å². The van der Waals surface area contributed by atoms with Crippen molar-refractivity contribution in [1.29, 1.82) is 5.26 Å². The van der Waals surface area contributed by atoms with Crippen LogP contribution in [0.2, 0.25) is 0 Å². The zero-order valence-corrected chi connectivity index (χ0v) is 10.5. The summed E-state index contributed by atoms with van der Waals surface area (Å²) >= 11 is 1.74. The van der Waals surface area contributed by atoms with Crippen LogP contribution in [-0.4, -0.2) is 11.3 Å². The number of pyridine rings is 1. The molecule has 0 saturated carbocycles. The number of nitrogens with zero attached hydrogens (tertiary/aromatic N) is 2. The van der Waals surface area contributed by atoms with Crippen LogP contribution in [-0.2, 0) is 13.0 Å². The Morgan fingerprint density at radius 2 is 2.12 bits per heavy atom. The maximum atomic E-state index is 12.1. The Morgan fingerprint density at radius 3 is 2.59 bits per heavy atom. The molecule has 0 aliphatic carbocycles. The molecule has 0 spiro atoms. The minimum atomic E-state index is -4.81. The standard InChI is InChI=1S/C9H7F3IN3O/c10-9(11,12)17-8-6(4-15)3-5(1-2-14)7(13)16-8/h3H,1,4,15H2. The normalized spacial score (nSPS) is 11.1. The van der Waals surface area contributed by atoms with Gasteiger partial charge in [0.15, 0.2) is 0 Å². The van der Waals surface area contributed by atoms with Crippen LogP contribution in [0.1, 0.15) is 11.1 Å². The third-order valence-electron chi connectivity index (χ3n) is 1.79. The van der Waals surface area contributed by atoms with Crippen LogP contribution in [0.5, 0.6) is 5.88 Å². The number of halogens is 4. The fourth-order valence-corrected chi connectivity index (χ4v) is 1.68. The van der Waals surface area contributed by atoms with Crippen molar-refractivity contribution in [1.82, 2.24) is 4.98 Å². The Morgan fingerprint density at radius 1 is 1.47 bits per heavy atom. The summed E-state index contributed by atoms with van der Waals surface area (Å²) in [6, 6.07) is 3.30. The summed E-state index contributed by atoms with van der Waals surface area (Å²) in [5.41, 5.74) is 5.96. The number of rotatable bonds is 3. The fourth-order valence-electron chi connectivity index (χ4n) is 1.12. The van der Waals surface area contributed by atoms with Crippen LogP contribution >= 0.6 is 22.6 Å². The van der Waals surface area contributed by atoms with Gasteiger partial charge in [-0.2, -0.15) is 5.26 Å². The summed E-state index contributed by atoms with van der Waals surface area (Å²) < 4.78 is 40.3. The molecule has 1 aromatic rings. The van der Waals surface area contributed by atoms with Crippen molar-refractivity contribution in [2.45, 2.75) is 19.3 Å². The van der Waals surface area contributed by atoms with Crippen LogP contribution in [0.3, 0.4) is 0 Å². The molecule has 92 valence electrons. The van der Waals surface area contributed by atoms with Gasteiger partial charge in [0.05, 0.1) is 12.5 Å². The minimum absolute atomic E-state index is 0.0601. The molecule has 0 unspecified atom stereocenters. The lowest BCUT2D eigenvalue weighted by molar-refractivity contribution is -0.276. The average molecular weight is 357 g/mol. The number of nitrogens with two attached hydrogens (primary N) is 1. The maximum absolute atomic E-state index is 12.1. The van der Waals surface area contributed by atoms with Crippen molar-refractivity contribution in [2.24, 2.45) is 5.73 Å². The first-order valence-electron chi connectivity index (χ1n) is 4.38. The Labute approximate surface area is 109 Å². The van der Waals surface area contributed by atoms with Gasteiger partial charge in [0.1, 0.15) is 3.70 Å². The lowest BCUT2D eigenvalue weighted by Crippen LogP contribution is -2.20. The highest BCUT2D eigenvalue weighted by Gasteiger charge is 2.33. The molecule has 4 nitrogen and oxygen atoms in total. The molecular weight excluding hydrogens is 350 g/mol. The van der Waals surface area contributed by atoms with Gasteiger partial charge in [-0.05, 0) is 34.2 Å². The number of aromatic nitrogens is 1. The van der Waals surface area contributed by atoms with E-state index in [0.717, 1.165) is 0 Å². The number of alkyl halides is 3. The van der Waals surface area contributed by atoms with E-state index in [1.807, 2.05) is 6.07 Å². The van der Waals surface area contributed by atoms with E-state index in [2.05, 4.69) is 9.72 Å². The quantitative estimate of drug-likeness (QED) is 0.665. The lowest BCUT2D eigenvalue weighted by atomic mass is 10.1. The SMILES string of the molecule is N#CCc1cc(CN)c(OC(F)(F)F)nc1I. The smallest absolute Gasteiger partial charge is 0.387 e. The number of ether oxygens (including phenoxy) is 1. The van der Waals surface area contributed by atoms with Crippen molar-refractivity contribution in [2.75, 3.05) is 0 Å². The first-order chi connectivity index (χ1) is 7.87. The Kier molecular flexibility index (Phi) is 4.53. The molecule has 0 bridgehead atoms. The molecule has 0 aromatic carbocycles. The van der Waals surface area contributed by atoms with Crippen molar-refractivity contribution in [3.63, 3.8) is 0 Å². The minimum Gasteiger partial charge on any atom is -0.387 e. The van der Waals surface area contributed by atoms with Crippen molar-refractivity contribution >= 4 is 22.6 Å². The highest BCUT2D eigenvalue weighted by atomic mass is 127. The van der Waals surface area contributed by atoms with Gasteiger partial charge in [0.2, 0.25) is 5.88 Å². The molecule has 0 fully saturated rings. The Bertz CT molecular complexity index is 456. The van der Waals surface area contributed by atoms with Crippen LogP contribution in [0.15, 0.2) is 6.07 Å². The summed E-state index contributed by atoms with van der Waals surface area (Å²) in [6.45, 7) is -0.145. The fraction of sp³-hybridized carbons (Fsp3) is 0.333. The summed E-state index contributed by atoms with van der Waals surface area (Å²) in [5.74, 6) is -0.564. The molecule has 0 amide bonds. The molecule has 1 rings (SSSR count). The van der Waals surface area contributed by atoms with E-state index in [4.69, 9.17) is 11.0 Å². The highest BCUT2D eigenvalue weighted by Crippen LogP contribution is 2.27. The van der Waals surface area contributed by atoms with Gasteiger partial charge in [0.25, 0.3) is 0 Å². The van der Waals surface area contributed by atoms with Crippen molar-refractivity contribution in [3.8, 4) is 11.9 Å². The van der Waals surface area contributed by atoms with Crippen LogP contribution < -0.4 is 10.5 Å². The van der Waals surface area contributed by atoms with Crippen LogP contribution in [0.25, 0.3) is 0 Å². The molecule has 0 atom stereocenters. The maximum Gasteiger partial charge on any atom is 0.574 e. The largest absolute Gasteiger partial charge is 0.574 e. The van der Waals surface area contributed by atoms with Gasteiger partial charge < -0.3 is 10.5 Å². The van der Waals surface area contributed by atoms with Crippen molar-refractivity contribution in [3.05, 3.63) is 20.9 Å². The van der Waals surface area contributed by atoms with Crippen LogP contribution in [0, 0.1) is 15.0 Å². The molecule has 0 radical (unpaired) electrons. The second-order valence-electron chi connectivity index (χ2n) is 2.99. The van der Waals surface area contributed by atoms with E-state index < -0.39 is 12.2 Å². The lowest BCUT2D eigenvalue weighted by Gasteiger charge is -2.13. The predicted molar refractivity (Wildman–Crippen MR) is 60.8 cm³/mol. The molecule has 0 saturated heterocycles. The molecule has 1 heterocycles. The zero-order valence-electron chi connectivity index (χ0n) is 8.38. The number of nitriles is 1. The van der Waals surface area contributed by atoms with E-state index in [0.29, 0.717) is 9.26 Å².